The quantitative estimate of drug-likeness (QED) is 0.272. The standard InChI is InChI=1S/C28H29N3O4S/c32-24-11-10-23(26-25(24)30-27(33)36-26)21(14-18-6-2-1-3-7-18)17-31(28(34)35)13-12-29-22-15-19-8-4-5-9-20(19)16-22/h1-11,21-22,29,32H,12-17H2,(H,30,33)(H,34,35). The molecule has 1 atom stereocenters. The number of hydrogen-bond donors (Lipinski definition) is 4. The molecular weight excluding hydrogens is 474 g/mol. The molecule has 0 fully saturated rings. The smallest absolute Gasteiger partial charge is 0.407 e. The fraction of sp³-hybridized carbons (Fsp3) is 0.286. The number of carbonyl (C=O) groups is 1. The van der Waals surface area contributed by atoms with E-state index in [9.17, 15) is 19.8 Å². The van der Waals surface area contributed by atoms with E-state index in [1.165, 1.54) is 16.0 Å². The van der Waals surface area contributed by atoms with Crippen LogP contribution in [0.25, 0.3) is 10.2 Å². The number of phenolic OH excluding ortho intramolecular Hbond substituents is 1. The Morgan fingerprint density at radius 2 is 1.75 bits per heavy atom. The molecule has 7 nitrogen and oxygen atoms in total. The first-order valence-electron chi connectivity index (χ1n) is 12.1. The minimum atomic E-state index is -0.971. The zero-order valence-electron chi connectivity index (χ0n) is 19.8. The number of fused-ring (bicyclic) bond motifs is 2. The molecular formula is C28H29N3O4S. The molecule has 4 N–H and O–H groups in total. The molecule has 4 aromatic rings. The number of nitrogens with zero attached hydrogens (tertiary/aromatic N) is 1. The Hall–Kier alpha value is -3.62. The summed E-state index contributed by atoms with van der Waals surface area (Å²) >= 11 is 1.05. The summed E-state index contributed by atoms with van der Waals surface area (Å²) in [6.45, 7) is 1.20. The zero-order valence-corrected chi connectivity index (χ0v) is 20.6. The minimum Gasteiger partial charge on any atom is -0.506 e. The van der Waals surface area contributed by atoms with Crippen LogP contribution >= 0.6 is 11.3 Å². The van der Waals surface area contributed by atoms with Crippen molar-refractivity contribution in [3.8, 4) is 5.75 Å². The van der Waals surface area contributed by atoms with Crippen molar-refractivity contribution in [2.24, 2.45) is 0 Å². The number of aromatic nitrogens is 1. The van der Waals surface area contributed by atoms with Gasteiger partial charge in [-0.2, -0.15) is 0 Å². The molecule has 1 aliphatic rings. The highest BCUT2D eigenvalue weighted by molar-refractivity contribution is 7.16. The highest BCUT2D eigenvalue weighted by Crippen LogP contribution is 2.34. The summed E-state index contributed by atoms with van der Waals surface area (Å²) in [6.07, 6.45) is 1.55. The number of hydrogen-bond acceptors (Lipinski definition) is 5. The molecule has 1 aromatic heterocycles. The maximum absolute atomic E-state index is 12.3. The molecule has 0 aliphatic heterocycles. The molecule has 0 bridgehead atoms. The largest absolute Gasteiger partial charge is 0.506 e. The molecule has 186 valence electrons. The molecule has 0 saturated carbocycles. The first kappa shape index (κ1) is 24.1. The van der Waals surface area contributed by atoms with E-state index in [0.717, 1.165) is 35.3 Å². The number of aromatic amines is 1. The summed E-state index contributed by atoms with van der Waals surface area (Å²) in [5, 5.41) is 23.8. The summed E-state index contributed by atoms with van der Waals surface area (Å²) in [7, 11) is 0. The Morgan fingerprint density at radius 3 is 2.44 bits per heavy atom. The summed E-state index contributed by atoms with van der Waals surface area (Å²) in [6, 6.07) is 22.0. The van der Waals surface area contributed by atoms with Crippen LogP contribution in [0.15, 0.2) is 71.5 Å². The summed E-state index contributed by atoms with van der Waals surface area (Å²) < 4.78 is 0.674. The van der Waals surface area contributed by atoms with E-state index in [1.807, 2.05) is 36.4 Å². The Kier molecular flexibility index (Phi) is 7.06. The van der Waals surface area contributed by atoms with Crippen LogP contribution in [0.4, 0.5) is 4.79 Å². The summed E-state index contributed by atoms with van der Waals surface area (Å²) in [5.41, 5.74) is 5.06. The second-order valence-electron chi connectivity index (χ2n) is 9.34. The molecule has 36 heavy (non-hydrogen) atoms. The van der Waals surface area contributed by atoms with Crippen LogP contribution in [0.1, 0.15) is 28.2 Å². The number of phenols is 1. The lowest BCUT2D eigenvalue weighted by Crippen LogP contribution is -2.41. The maximum atomic E-state index is 12.3. The highest BCUT2D eigenvalue weighted by atomic mass is 32.1. The number of thiazole rings is 1. The Bertz CT molecular complexity index is 1390. The molecule has 1 amide bonds. The normalized spacial score (nSPS) is 14.1. The third-order valence-electron chi connectivity index (χ3n) is 6.93. The van der Waals surface area contributed by atoms with Gasteiger partial charge in [-0.15, -0.1) is 0 Å². The van der Waals surface area contributed by atoms with Crippen molar-refractivity contribution in [3.05, 3.63) is 98.7 Å². The van der Waals surface area contributed by atoms with E-state index >= 15 is 0 Å². The van der Waals surface area contributed by atoms with Crippen LogP contribution < -0.4 is 10.2 Å². The second-order valence-corrected chi connectivity index (χ2v) is 10.3. The Labute approximate surface area is 213 Å². The molecule has 1 aliphatic carbocycles. The van der Waals surface area contributed by atoms with Crippen molar-refractivity contribution in [2.75, 3.05) is 19.6 Å². The molecule has 0 saturated heterocycles. The van der Waals surface area contributed by atoms with Crippen molar-refractivity contribution < 1.29 is 15.0 Å². The van der Waals surface area contributed by atoms with E-state index in [0.29, 0.717) is 35.8 Å². The topological polar surface area (TPSA) is 106 Å². The van der Waals surface area contributed by atoms with Gasteiger partial charge in [-0.3, -0.25) is 4.79 Å². The number of benzene rings is 3. The van der Waals surface area contributed by atoms with Gasteiger partial charge in [-0.05, 0) is 47.6 Å². The first-order valence-corrected chi connectivity index (χ1v) is 13.0. The van der Waals surface area contributed by atoms with Crippen LogP contribution in [0, 0.1) is 0 Å². The van der Waals surface area contributed by atoms with Crippen molar-refractivity contribution in [2.45, 2.75) is 31.2 Å². The van der Waals surface area contributed by atoms with Crippen LogP contribution in [-0.2, 0) is 19.3 Å². The van der Waals surface area contributed by atoms with Crippen LogP contribution in [0.3, 0.4) is 0 Å². The van der Waals surface area contributed by atoms with Crippen molar-refractivity contribution >= 4 is 27.6 Å². The van der Waals surface area contributed by atoms with Gasteiger partial charge in [0, 0.05) is 31.6 Å². The number of rotatable bonds is 9. The number of H-pyrrole nitrogens is 1. The van der Waals surface area contributed by atoms with Gasteiger partial charge in [0.15, 0.2) is 0 Å². The lowest BCUT2D eigenvalue weighted by Gasteiger charge is -2.27. The minimum absolute atomic E-state index is 0.0161. The molecule has 8 heteroatoms. The van der Waals surface area contributed by atoms with Gasteiger partial charge >= 0.3 is 11.0 Å². The maximum Gasteiger partial charge on any atom is 0.407 e. The van der Waals surface area contributed by atoms with E-state index in [4.69, 9.17) is 0 Å². The third kappa shape index (κ3) is 5.29. The van der Waals surface area contributed by atoms with E-state index in [-0.39, 0.29) is 23.1 Å². The lowest BCUT2D eigenvalue weighted by molar-refractivity contribution is 0.141. The number of carboxylic acid groups (broad SMARTS) is 1. The van der Waals surface area contributed by atoms with Gasteiger partial charge in [0.2, 0.25) is 0 Å². The second kappa shape index (κ2) is 10.6. The zero-order chi connectivity index (χ0) is 25.1. The fourth-order valence-electron chi connectivity index (χ4n) is 5.17. The number of aromatic hydroxyl groups is 1. The molecule has 1 heterocycles. The van der Waals surface area contributed by atoms with Crippen molar-refractivity contribution in [1.82, 2.24) is 15.2 Å². The summed E-state index contributed by atoms with van der Waals surface area (Å²) in [5.74, 6) is -0.170. The predicted molar refractivity (Wildman–Crippen MR) is 142 cm³/mol. The van der Waals surface area contributed by atoms with Gasteiger partial charge in [0.05, 0.1) is 4.70 Å². The van der Waals surface area contributed by atoms with Gasteiger partial charge in [0.25, 0.3) is 0 Å². The Morgan fingerprint density at radius 1 is 1.06 bits per heavy atom. The predicted octanol–water partition coefficient (Wildman–Crippen LogP) is 4.36. The highest BCUT2D eigenvalue weighted by Gasteiger charge is 2.25. The molecule has 0 radical (unpaired) electrons. The van der Waals surface area contributed by atoms with Crippen LogP contribution in [0.5, 0.6) is 5.75 Å². The Balaban J connectivity index is 1.34. The number of nitrogens with one attached hydrogen (secondary N) is 2. The number of amides is 1. The van der Waals surface area contributed by atoms with Gasteiger partial charge in [-0.1, -0.05) is 72.0 Å². The average Bonchev–Trinajstić information content (AvgIpc) is 3.47. The SMILES string of the molecule is O=C(O)N(CCNC1Cc2ccccc2C1)CC(Cc1ccccc1)c1ccc(O)c2[nH]c(=O)sc12. The van der Waals surface area contributed by atoms with E-state index in [2.05, 4.69) is 34.6 Å². The first-order chi connectivity index (χ1) is 17.5. The van der Waals surface area contributed by atoms with Crippen molar-refractivity contribution in [3.63, 3.8) is 0 Å². The van der Waals surface area contributed by atoms with Crippen LogP contribution in [0.2, 0.25) is 0 Å². The third-order valence-corrected chi connectivity index (χ3v) is 7.86. The average molecular weight is 504 g/mol. The van der Waals surface area contributed by atoms with Gasteiger partial charge in [-0.25, -0.2) is 4.79 Å². The monoisotopic (exact) mass is 503 g/mol. The molecule has 1 unspecified atom stereocenters. The van der Waals surface area contributed by atoms with E-state index in [1.54, 1.807) is 6.07 Å². The molecule has 5 rings (SSSR count). The summed E-state index contributed by atoms with van der Waals surface area (Å²) in [4.78, 5) is 28.3. The van der Waals surface area contributed by atoms with Gasteiger partial charge < -0.3 is 25.4 Å². The van der Waals surface area contributed by atoms with Crippen molar-refractivity contribution in [1.29, 1.82) is 0 Å². The fourth-order valence-corrected chi connectivity index (χ4v) is 6.12. The van der Waals surface area contributed by atoms with E-state index < -0.39 is 6.09 Å². The molecule has 0 spiro atoms. The van der Waals surface area contributed by atoms with Gasteiger partial charge in [0.1, 0.15) is 11.3 Å². The van der Waals surface area contributed by atoms with Crippen LogP contribution in [-0.4, -0.2) is 51.9 Å². The lowest BCUT2D eigenvalue weighted by atomic mass is 9.91. The molecule has 3 aromatic carbocycles.